The van der Waals surface area contributed by atoms with Gasteiger partial charge in [0.2, 0.25) is 0 Å². The van der Waals surface area contributed by atoms with Crippen molar-refractivity contribution in [3.8, 4) is 0 Å². The third kappa shape index (κ3) is 7.63. The molecule has 0 N–H and O–H groups in total. The summed E-state index contributed by atoms with van der Waals surface area (Å²) in [6.45, 7) is 6.43. The zero-order valence-electron chi connectivity index (χ0n) is 14.0. The molecule has 0 heterocycles. The Hall–Kier alpha value is -2.11. The van der Waals surface area contributed by atoms with E-state index < -0.39 is 5.09 Å². The molecule has 0 aliphatic carbocycles. The van der Waals surface area contributed by atoms with E-state index in [1.807, 2.05) is 31.2 Å². The van der Waals surface area contributed by atoms with Crippen LogP contribution in [0.15, 0.2) is 24.3 Å². The topological polar surface area (TPSA) is 78.7 Å². The van der Waals surface area contributed by atoms with E-state index in [-0.39, 0.29) is 25.1 Å². The lowest BCUT2D eigenvalue weighted by molar-refractivity contribution is -0.757. The van der Waals surface area contributed by atoms with E-state index in [2.05, 4.69) is 18.7 Å². The van der Waals surface area contributed by atoms with Crippen LogP contribution < -0.4 is 0 Å². The van der Waals surface area contributed by atoms with Crippen molar-refractivity contribution >= 4 is 5.97 Å². The fourth-order valence-electron chi connectivity index (χ4n) is 2.19. The van der Waals surface area contributed by atoms with Crippen molar-refractivity contribution in [2.45, 2.75) is 46.0 Å². The summed E-state index contributed by atoms with van der Waals surface area (Å²) in [5.41, 5.74) is 2.19. The third-order valence-corrected chi connectivity index (χ3v) is 3.46. The molecule has 0 saturated carbocycles. The molecule has 6 nitrogen and oxygen atoms in total. The molecule has 0 radical (unpaired) electrons. The molecule has 1 rings (SSSR count). The van der Waals surface area contributed by atoms with Gasteiger partial charge in [0.15, 0.2) is 0 Å². The molecule has 1 atom stereocenters. The van der Waals surface area contributed by atoms with Crippen LogP contribution in [0.1, 0.15) is 50.7 Å². The molecule has 1 unspecified atom stereocenters. The first-order valence-corrected chi connectivity index (χ1v) is 7.93. The standard InChI is InChI=1S/C17H25NO5/c1-13(2)12-15-6-8-16(9-7-15)14(3)17(19)22-10-4-5-11-23-18(20)21/h6-9,13-14H,4-5,10-12H2,1-3H3. The predicted octanol–water partition coefficient (Wildman–Crippen LogP) is 3.52. The maximum Gasteiger partial charge on any atom is 0.313 e. The van der Waals surface area contributed by atoms with Crippen LogP contribution in [0.4, 0.5) is 0 Å². The molecular formula is C17H25NO5. The van der Waals surface area contributed by atoms with Gasteiger partial charge in [-0.2, -0.15) is 0 Å². The monoisotopic (exact) mass is 323 g/mol. The lowest BCUT2D eigenvalue weighted by Gasteiger charge is -2.13. The summed E-state index contributed by atoms with van der Waals surface area (Å²) in [6, 6.07) is 8.03. The molecule has 128 valence electrons. The van der Waals surface area contributed by atoms with Crippen LogP contribution in [0, 0.1) is 16.0 Å². The smallest absolute Gasteiger partial charge is 0.313 e. The Morgan fingerprint density at radius 3 is 2.30 bits per heavy atom. The highest BCUT2D eigenvalue weighted by Crippen LogP contribution is 2.19. The van der Waals surface area contributed by atoms with Crippen LogP contribution in [0.25, 0.3) is 0 Å². The lowest BCUT2D eigenvalue weighted by Crippen LogP contribution is -2.14. The second-order valence-electron chi connectivity index (χ2n) is 5.99. The number of carbonyl (C=O) groups is 1. The Kier molecular flexibility index (Phi) is 8.08. The van der Waals surface area contributed by atoms with Gasteiger partial charge in [-0.25, -0.2) is 0 Å². The molecule has 0 bridgehead atoms. The van der Waals surface area contributed by atoms with E-state index in [1.54, 1.807) is 0 Å². The number of nitrogens with zero attached hydrogens (tertiary/aromatic N) is 1. The first-order chi connectivity index (χ1) is 10.9. The molecule has 0 spiro atoms. The minimum atomic E-state index is -0.822. The Balaban J connectivity index is 2.34. The Morgan fingerprint density at radius 2 is 1.74 bits per heavy atom. The van der Waals surface area contributed by atoms with Gasteiger partial charge in [-0.1, -0.05) is 38.1 Å². The molecule has 6 heteroatoms. The first-order valence-electron chi connectivity index (χ1n) is 7.93. The minimum Gasteiger partial charge on any atom is -0.465 e. The van der Waals surface area contributed by atoms with Gasteiger partial charge in [0.25, 0.3) is 5.09 Å². The molecular weight excluding hydrogens is 298 g/mol. The molecule has 23 heavy (non-hydrogen) atoms. The maximum atomic E-state index is 12.0. The summed E-state index contributed by atoms with van der Waals surface area (Å²) >= 11 is 0. The number of esters is 1. The van der Waals surface area contributed by atoms with Crippen molar-refractivity contribution in [1.82, 2.24) is 0 Å². The van der Waals surface area contributed by atoms with Crippen LogP contribution in [0.2, 0.25) is 0 Å². The second kappa shape index (κ2) is 9.82. The van der Waals surface area contributed by atoms with E-state index in [1.165, 1.54) is 5.56 Å². The molecule has 0 fully saturated rings. The van der Waals surface area contributed by atoms with E-state index in [4.69, 9.17) is 4.74 Å². The normalized spacial score (nSPS) is 12.0. The van der Waals surface area contributed by atoms with Gasteiger partial charge < -0.3 is 9.57 Å². The number of hydrogen-bond acceptors (Lipinski definition) is 5. The summed E-state index contributed by atoms with van der Waals surface area (Å²) < 4.78 is 5.20. The Bertz CT molecular complexity index is 498. The summed E-state index contributed by atoms with van der Waals surface area (Å²) in [6.07, 6.45) is 2.04. The van der Waals surface area contributed by atoms with E-state index in [0.717, 1.165) is 12.0 Å². The first kappa shape index (κ1) is 18.9. The fraction of sp³-hybridized carbons (Fsp3) is 0.588. The van der Waals surface area contributed by atoms with Crippen LogP contribution in [0.5, 0.6) is 0 Å². The molecule has 0 aliphatic rings. The van der Waals surface area contributed by atoms with Crippen molar-refractivity contribution < 1.29 is 19.5 Å². The second-order valence-corrected chi connectivity index (χ2v) is 5.99. The van der Waals surface area contributed by atoms with Crippen LogP contribution in [-0.4, -0.2) is 24.3 Å². The number of ether oxygens (including phenoxy) is 1. The van der Waals surface area contributed by atoms with Crippen molar-refractivity contribution in [1.29, 1.82) is 0 Å². The highest BCUT2D eigenvalue weighted by molar-refractivity contribution is 5.77. The fourth-order valence-corrected chi connectivity index (χ4v) is 2.19. The summed E-state index contributed by atoms with van der Waals surface area (Å²) in [5, 5.41) is 9.14. The molecule has 0 saturated heterocycles. The van der Waals surface area contributed by atoms with Gasteiger partial charge in [0.05, 0.1) is 19.1 Å². The predicted molar refractivity (Wildman–Crippen MR) is 86.5 cm³/mol. The van der Waals surface area contributed by atoms with E-state index >= 15 is 0 Å². The Labute approximate surface area is 136 Å². The summed E-state index contributed by atoms with van der Waals surface area (Å²) in [5.74, 6) is -0.00236. The molecule has 0 amide bonds. The third-order valence-electron chi connectivity index (χ3n) is 3.46. The summed E-state index contributed by atoms with van der Waals surface area (Å²) in [7, 11) is 0. The summed E-state index contributed by atoms with van der Waals surface area (Å²) in [4.78, 5) is 26.1. The number of carbonyl (C=O) groups excluding carboxylic acids is 1. The van der Waals surface area contributed by atoms with Crippen molar-refractivity contribution in [2.24, 2.45) is 5.92 Å². The zero-order chi connectivity index (χ0) is 17.2. The van der Waals surface area contributed by atoms with Crippen molar-refractivity contribution in [3.05, 3.63) is 45.5 Å². The molecule has 1 aromatic rings. The largest absolute Gasteiger partial charge is 0.465 e. The number of rotatable bonds is 10. The van der Waals surface area contributed by atoms with Crippen LogP contribution in [-0.2, 0) is 20.8 Å². The van der Waals surface area contributed by atoms with Crippen molar-refractivity contribution in [2.75, 3.05) is 13.2 Å². The SMILES string of the molecule is CC(C)Cc1ccc(C(C)C(=O)OCCCCO[N+](=O)[O-])cc1. The van der Waals surface area contributed by atoms with Gasteiger partial charge in [0.1, 0.15) is 0 Å². The zero-order valence-corrected chi connectivity index (χ0v) is 14.0. The number of benzene rings is 1. The highest BCUT2D eigenvalue weighted by atomic mass is 16.9. The van der Waals surface area contributed by atoms with Gasteiger partial charge in [-0.3, -0.25) is 4.79 Å². The molecule has 1 aromatic carbocycles. The van der Waals surface area contributed by atoms with Crippen LogP contribution >= 0.6 is 0 Å². The quantitative estimate of drug-likeness (QED) is 0.285. The number of hydrogen-bond donors (Lipinski definition) is 0. The highest BCUT2D eigenvalue weighted by Gasteiger charge is 2.16. The van der Waals surface area contributed by atoms with E-state index in [9.17, 15) is 14.9 Å². The average Bonchev–Trinajstić information content (AvgIpc) is 2.49. The lowest BCUT2D eigenvalue weighted by atomic mass is 9.97. The van der Waals surface area contributed by atoms with Gasteiger partial charge in [0, 0.05) is 0 Å². The Morgan fingerprint density at radius 1 is 1.13 bits per heavy atom. The maximum absolute atomic E-state index is 12.0. The van der Waals surface area contributed by atoms with Gasteiger partial charge in [-0.15, -0.1) is 10.1 Å². The number of unbranched alkanes of at least 4 members (excludes halogenated alkanes) is 1. The molecule has 0 aliphatic heterocycles. The van der Waals surface area contributed by atoms with Gasteiger partial charge in [-0.05, 0) is 43.2 Å². The molecule has 0 aromatic heterocycles. The van der Waals surface area contributed by atoms with Gasteiger partial charge >= 0.3 is 5.97 Å². The van der Waals surface area contributed by atoms with E-state index in [0.29, 0.717) is 18.8 Å². The minimum absolute atomic E-state index is 0.0252. The average molecular weight is 323 g/mol. The van der Waals surface area contributed by atoms with Crippen LogP contribution in [0.3, 0.4) is 0 Å². The van der Waals surface area contributed by atoms with Crippen molar-refractivity contribution in [3.63, 3.8) is 0 Å².